The van der Waals surface area contributed by atoms with Crippen LogP contribution in [0.15, 0.2) is 12.1 Å². The van der Waals surface area contributed by atoms with Gasteiger partial charge in [-0.3, -0.25) is 14.4 Å². The minimum atomic E-state index is -5.07. The van der Waals surface area contributed by atoms with E-state index in [1.807, 2.05) is 0 Å². The normalized spacial score (nSPS) is 17.8. The molecule has 0 radical (unpaired) electrons. The number of nitrogens with zero attached hydrogens (tertiary/aromatic N) is 2. The molecular formula is C21H22F6N2O4. The number of fused-ring (bicyclic) bond motifs is 2. The number of likely N-dealkylation sites (tertiary alicyclic amines) is 1. The number of hydrogen-bond donors (Lipinski definition) is 0. The zero-order chi connectivity index (χ0) is 24.8. The van der Waals surface area contributed by atoms with Gasteiger partial charge in [-0.2, -0.15) is 26.3 Å². The average molecular weight is 480 g/mol. The van der Waals surface area contributed by atoms with E-state index in [9.17, 15) is 40.7 Å². The quantitative estimate of drug-likeness (QED) is 0.486. The summed E-state index contributed by atoms with van der Waals surface area (Å²) in [5, 5.41) is 0. The summed E-state index contributed by atoms with van der Waals surface area (Å²) in [7, 11) is 1.18. The average Bonchev–Trinajstić information content (AvgIpc) is 3.04. The standard InChI is InChI=1S/C21H22F6N2O4/c1-12(30)29-11-19(5-7-28(8-6-19)16(31)3-4-17(32)33-2)18-14(21(25,26)27)9-13(10-15(18)29)20(22,23)24/h9-10H,3-8,11H2,1-2H3. The number of halogens is 6. The van der Waals surface area contributed by atoms with Gasteiger partial charge in [-0.1, -0.05) is 0 Å². The number of carbonyl (C=O) groups is 3. The Morgan fingerprint density at radius 1 is 1.00 bits per heavy atom. The summed E-state index contributed by atoms with van der Waals surface area (Å²) >= 11 is 0. The van der Waals surface area contributed by atoms with Gasteiger partial charge in [-0.25, -0.2) is 0 Å². The molecule has 2 heterocycles. The van der Waals surface area contributed by atoms with E-state index >= 15 is 0 Å². The fourth-order valence-electron chi connectivity index (χ4n) is 4.59. The summed E-state index contributed by atoms with van der Waals surface area (Å²) in [6.45, 7) is 0.973. The molecule has 12 heteroatoms. The van der Waals surface area contributed by atoms with E-state index in [2.05, 4.69) is 4.74 Å². The van der Waals surface area contributed by atoms with Crippen LogP contribution in [0.5, 0.6) is 0 Å². The van der Waals surface area contributed by atoms with E-state index in [-0.39, 0.29) is 62.9 Å². The van der Waals surface area contributed by atoms with Crippen LogP contribution in [0, 0.1) is 0 Å². The van der Waals surface area contributed by atoms with E-state index in [1.54, 1.807) is 0 Å². The predicted molar refractivity (Wildman–Crippen MR) is 103 cm³/mol. The Labute approximate surface area is 185 Å². The lowest BCUT2D eigenvalue weighted by molar-refractivity contribution is -0.144. The van der Waals surface area contributed by atoms with Crippen molar-refractivity contribution in [3.8, 4) is 0 Å². The van der Waals surface area contributed by atoms with Crippen LogP contribution in [0.25, 0.3) is 0 Å². The molecule has 1 fully saturated rings. The molecule has 1 aromatic carbocycles. The van der Waals surface area contributed by atoms with Crippen molar-refractivity contribution < 1.29 is 45.5 Å². The molecule has 0 bridgehead atoms. The Hall–Kier alpha value is -2.79. The third kappa shape index (κ3) is 4.79. The van der Waals surface area contributed by atoms with Gasteiger partial charge in [0, 0.05) is 44.1 Å². The van der Waals surface area contributed by atoms with Gasteiger partial charge in [-0.15, -0.1) is 0 Å². The summed E-state index contributed by atoms with van der Waals surface area (Å²) in [6, 6.07) is 0.687. The van der Waals surface area contributed by atoms with Gasteiger partial charge in [0.15, 0.2) is 0 Å². The number of piperidine rings is 1. The number of hydrogen-bond acceptors (Lipinski definition) is 4. The summed E-state index contributed by atoms with van der Waals surface area (Å²) < 4.78 is 86.2. The van der Waals surface area contributed by atoms with Crippen LogP contribution in [-0.2, 0) is 36.9 Å². The van der Waals surface area contributed by atoms with Crippen LogP contribution in [0.2, 0.25) is 0 Å². The van der Waals surface area contributed by atoms with Crippen LogP contribution >= 0.6 is 0 Å². The van der Waals surface area contributed by atoms with Gasteiger partial charge in [-0.05, 0) is 30.5 Å². The van der Waals surface area contributed by atoms with Gasteiger partial charge >= 0.3 is 18.3 Å². The van der Waals surface area contributed by atoms with Gasteiger partial charge in [0.25, 0.3) is 0 Å². The first kappa shape index (κ1) is 24.8. The molecule has 182 valence electrons. The molecule has 0 saturated carbocycles. The number of benzene rings is 1. The van der Waals surface area contributed by atoms with Crippen molar-refractivity contribution in [1.82, 2.24) is 4.90 Å². The number of amides is 2. The van der Waals surface area contributed by atoms with E-state index in [1.165, 1.54) is 12.0 Å². The molecule has 0 atom stereocenters. The zero-order valence-electron chi connectivity index (χ0n) is 17.9. The highest BCUT2D eigenvalue weighted by Crippen LogP contribution is 2.53. The fraction of sp³-hybridized carbons (Fsp3) is 0.571. The van der Waals surface area contributed by atoms with Crippen LogP contribution < -0.4 is 4.90 Å². The largest absolute Gasteiger partial charge is 0.469 e. The molecule has 1 saturated heterocycles. The van der Waals surface area contributed by atoms with E-state index in [4.69, 9.17) is 0 Å². The van der Waals surface area contributed by atoms with Crippen LogP contribution in [0.1, 0.15) is 49.3 Å². The maximum atomic E-state index is 13.9. The van der Waals surface area contributed by atoms with Crippen LogP contribution in [0.3, 0.4) is 0 Å². The number of esters is 1. The fourth-order valence-corrected chi connectivity index (χ4v) is 4.59. The number of carbonyl (C=O) groups excluding carboxylic acids is 3. The Balaban J connectivity index is 1.98. The highest BCUT2D eigenvalue weighted by atomic mass is 19.4. The molecule has 1 aromatic rings. The number of ether oxygens (including phenoxy) is 1. The monoisotopic (exact) mass is 480 g/mol. The van der Waals surface area contributed by atoms with E-state index in [0.717, 1.165) is 11.8 Å². The van der Waals surface area contributed by atoms with Gasteiger partial charge in [0.1, 0.15) is 0 Å². The SMILES string of the molecule is COC(=O)CCC(=O)N1CCC2(CC1)CN(C(C)=O)c1cc(C(F)(F)F)cc(C(F)(F)F)c12. The smallest absolute Gasteiger partial charge is 0.416 e. The highest BCUT2D eigenvalue weighted by molar-refractivity contribution is 5.95. The van der Waals surface area contributed by atoms with Crippen molar-refractivity contribution in [2.24, 2.45) is 0 Å². The maximum absolute atomic E-state index is 13.9. The molecule has 33 heavy (non-hydrogen) atoms. The second kappa shape index (κ2) is 8.53. The van der Waals surface area contributed by atoms with Crippen molar-refractivity contribution in [1.29, 1.82) is 0 Å². The van der Waals surface area contributed by atoms with Crippen LogP contribution in [0.4, 0.5) is 32.0 Å². The summed E-state index contributed by atoms with van der Waals surface area (Å²) in [4.78, 5) is 38.1. The third-order valence-electron chi connectivity index (χ3n) is 6.26. The lowest BCUT2D eigenvalue weighted by Gasteiger charge is -2.40. The Kier molecular flexibility index (Phi) is 6.42. The van der Waals surface area contributed by atoms with Crippen LogP contribution in [-0.4, -0.2) is 49.4 Å². The minimum Gasteiger partial charge on any atom is -0.469 e. The predicted octanol–water partition coefficient (Wildman–Crippen LogP) is 3.90. The third-order valence-corrected chi connectivity index (χ3v) is 6.26. The summed E-state index contributed by atoms with van der Waals surface area (Å²) in [6.07, 6.45) is -10.3. The van der Waals surface area contributed by atoms with Crippen molar-refractivity contribution in [3.05, 3.63) is 28.8 Å². The first-order valence-corrected chi connectivity index (χ1v) is 10.2. The topological polar surface area (TPSA) is 66.9 Å². The molecule has 3 rings (SSSR count). The molecule has 6 nitrogen and oxygen atoms in total. The molecule has 2 aliphatic heterocycles. The van der Waals surface area contributed by atoms with Crippen molar-refractivity contribution in [2.75, 3.05) is 31.6 Å². The molecule has 2 aliphatic rings. The molecule has 0 aromatic heterocycles. The van der Waals surface area contributed by atoms with Crippen molar-refractivity contribution in [2.45, 2.75) is 50.4 Å². The number of anilines is 1. The maximum Gasteiger partial charge on any atom is 0.416 e. The lowest BCUT2D eigenvalue weighted by atomic mass is 9.72. The van der Waals surface area contributed by atoms with E-state index < -0.39 is 46.5 Å². The summed E-state index contributed by atoms with van der Waals surface area (Å²) in [5.41, 5.74) is -4.86. The molecular weight excluding hydrogens is 458 g/mol. The van der Waals surface area contributed by atoms with Crippen molar-refractivity contribution >= 4 is 23.5 Å². The molecule has 0 aliphatic carbocycles. The molecule has 1 spiro atoms. The van der Waals surface area contributed by atoms with Gasteiger partial charge in [0.05, 0.1) is 24.7 Å². The highest BCUT2D eigenvalue weighted by Gasteiger charge is 2.52. The Morgan fingerprint density at radius 2 is 1.61 bits per heavy atom. The zero-order valence-corrected chi connectivity index (χ0v) is 17.9. The lowest BCUT2D eigenvalue weighted by Crippen LogP contribution is -2.48. The number of rotatable bonds is 3. The second-order valence-electron chi connectivity index (χ2n) is 8.26. The number of methoxy groups -OCH3 is 1. The van der Waals surface area contributed by atoms with Crippen molar-refractivity contribution in [3.63, 3.8) is 0 Å². The Bertz CT molecular complexity index is 965. The van der Waals surface area contributed by atoms with E-state index in [0.29, 0.717) is 6.07 Å². The molecule has 0 unspecified atom stereocenters. The van der Waals surface area contributed by atoms with Gasteiger partial charge < -0.3 is 14.5 Å². The number of alkyl halides is 6. The minimum absolute atomic E-state index is 0.0299. The molecule has 0 N–H and O–H groups in total. The van der Waals surface area contributed by atoms with Gasteiger partial charge in [0.2, 0.25) is 11.8 Å². The first-order valence-electron chi connectivity index (χ1n) is 10.2. The second-order valence-corrected chi connectivity index (χ2v) is 8.26. The first-order chi connectivity index (χ1) is 15.2. The summed E-state index contributed by atoms with van der Waals surface area (Å²) in [5.74, 6) is -1.62. The Morgan fingerprint density at radius 3 is 2.09 bits per heavy atom. The molecule has 2 amide bonds.